The van der Waals surface area contributed by atoms with Crippen LogP contribution in [0.5, 0.6) is 5.75 Å². The first-order chi connectivity index (χ1) is 7.68. The average Bonchev–Trinajstić information content (AvgIpc) is 2.49. The first-order valence-corrected chi connectivity index (χ1v) is 5.87. The third-order valence-electron chi connectivity index (χ3n) is 2.62. The summed E-state index contributed by atoms with van der Waals surface area (Å²) in [5.74, 6) is 0.938. The molecule has 0 N–H and O–H groups in total. The van der Waals surface area contributed by atoms with Crippen molar-refractivity contribution in [3.63, 3.8) is 0 Å². The predicted molar refractivity (Wildman–Crippen MR) is 65.8 cm³/mol. The smallest absolute Gasteiger partial charge is 0.235 e. The third-order valence-corrected chi connectivity index (χ3v) is 2.84. The number of nitrogens with zero attached hydrogens (tertiary/aromatic N) is 1. The highest BCUT2D eigenvalue weighted by Crippen LogP contribution is 2.22. The van der Waals surface area contributed by atoms with Crippen molar-refractivity contribution >= 4 is 18.5 Å². The number of ether oxygens (including phenoxy) is 1. The summed E-state index contributed by atoms with van der Waals surface area (Å²) in [5, 5.41) is -0.259. The molecular formula is C12H15NO2S. The summed E-state index contributed by atoms with van der Waals surface area (Å²) in [5.41, 5.74) is 1.06. The van der Waals surface area contributed by atoms with E-state index in [1.807, 2.05) is 24.3 Å². The summed E-state index contributed by atoms with van der Waals surface area (Å²) in [4.78, 5) is 13.6. The molecule has 1 aromatic rings. The molecule has 1 unspecified atom stereocenters. The van der Waals surface area contributed by atoms with Crippen LogP contribution in [0.1, 0.15) is 12.5 Å². The van der Waals surface area contributed by atoms with Gasteiger partial charge in [0.25, 0.3) is 0 Å². The van der Waals surface area contributed by atoms with Crippen LogP contribution < -0.4 is 4.74 Å². The van der Waals surface area contributed by atoms with Crippen LogP contribution in [0.3, 0.4) is 0 Å². The van der Waals surface area contributed by atoms with Gasteiger partial charge >= 0.3 is 0 Å². The van der Waals surface area contributed by atoms with Crippen molar-refractivity contribution in [2.45, 2.75) is 18.7 Å². The second kappa shape index (κ2) is 4.78. The SMILES string of the molecule is CC(S)C(=O)N1CCOc2ccccc2C1. The van der Waals surface area contributed by atoms with Crippen molar-refractivity contribution in [3.8, 4) is 5.75 Å². The largest absolute Gasteiger partial charge is 0.491 e. The molecule has 1 aromatic carbocycles. The van der Waals surface area contributed by atoms with E-state index in [1.54, 1.807) is 11.8 Å². The van der Waals surface area contributed by atoms with Crippen molar-refractivity contribution in [2.75, 3.05) is 13.2 Å². The Morgan fingerprint density at radius 1 is 1.50 bits per heavy atom. The summed E-state index contributed by atoms with van der Waals surface area (Å²) in [6.07, 6.45) is 0. The van der Waals surface area contributed by atoms with E-state index in [9.17, 15) is 4.79 Å². The highest BCUT2D eigenvalue weighted by Gasteiger charge is 2.21. The first-order valence-electron chi connectivity index (χ1n) is 5.36. The Morgan fingerprint density at radius 2 is 2.25 bits per heavy atom. The lowest BCUT2D eigenvalue weighted by atomic mass is 10.2. The fraction of sp³-hybridized carbons (Fsp3) is 0.417. The predicted octanol–water partition coefficient (Wildman–Crippen LogP) is 1.73. The summed E-state index contributed by atoms with van der Waals surface area (Å²) < 4.78 is 5.59. The van der Waals surface area contributed by atoms with Crippen LogP contribution in [-0.4, -0.2) is 29.2 Å². The second-order valence-electron chi connectivity index (χ2n) is 3.89. The number of hydrogen-bond donors (Lipinski definition) is 1. The van der Waals surface area contributed by atoms with Crippen LogP contribution in [0.15, 0.2) is 24.3 Å². The number of fused-ring (bicyclic) bond motifs is 1. The second-order valence-corrected chi connectivity index (χ2v) is 4.67. The quantitative estimate of drug-likeness (QED) is 0.754. The highest BCUT2D eigenvalue weighted by molar-refractivity contribution is 7.81. The van der Waals surface area contributed by atoms with E-state index in [-0.39, 0.29) is 11.2 Å². The number of hydrogen-bond acceptors (Lipinski definition) is 3. The van der Waals surface area contributed by atoms with E-state index < -0.39 is 0 Å². The monoisotopic (exact) mass is 237 g/mol. The molecule has 16 heavy (non-hydrogen) atoms. The Labute approximate surface area is 101 Å². The molecule has 1 heterocycles. The fourth-order valence-corrected chi connectivity index (χ4v) is 1.94. The number of carbonyl (C=O) groups excluding carboxylic acids is 1. The van der Waals surface area contributed by atoms with Gasteiger partial charge in [-0.05, 0) is 13.0 Å². The van der Waals surface area contributed by atoms with Crippen LogP contribution in [0.25, 0.3) is 0 Å². The Bertz CT molecular complexity index is 392. The van der Waals surface area contributed by atoms with Crippen molar-refractivity contribution in [3.05, 3.63) is 29.8 Å². The molecule has 3 nitrogen and oxygen atoms in total. The Balaban J connectivity index is 2.20. The maximum absolute atomic E-state index is 11.9. The van der Waals surface area contributed by atoms with Gasteiger partial charge in [0.15, 0.2) is 0 Å². The standard InChI is InChI=1S/C12H15NO2S/c1-9(16)12(14)13-6-7-15-11-5-3-2-4-10(11)8-13/h2-5,9,16H,6-8H2,1H3. The minimum Gasteiger partial charge on any atom is -0.491 e. The molecule has 0 aromatic heterocycles. The average molecular weight is 237 g/mol. The molecule has 1 atom stereocenters. The molecule has 2 rings (SSSR count). The lowest BCUT2D eigenvalue weighted by Gasteiger charge is -2.21. The fourth-order valence-electron chi connectivity index (χ4n) is 1.78. The van der Waals surface area contributed by atoms with E-state index in [2.05, 4.69) is 12.6 Å². The van der Waals surface area contributed by atoms with Gasteiger partial charge in [0.1, 0.15) is 12.4 Å². The third kappa shape index (κ3) is 2.32. The van der Waals surface area contributed by atoms with Crippen LogP contribution in [0.4, 0.5) is 0 Å². The van der Waals surface area contributed by atoms with E-state index in [0.717, 1.165) is 11.3 Å². The lowest BCUT2D eigenvalue weighted by Crippen LogP contribution is -2.36. The zero-order valence-corrected chi connectivity index (χ0v) is 10.1. The molecule has 0 saturated carbocycles. The molecule has 86 valence electrons. The molecule has 0 spiro atoms. The van der Waals surface area contributed by atoms with Gasteiger partial charge in [0, 0.05) is 12.1 Å². The van der Waals surface area contributed by atoms with Crippen molar-refractivity contribution < 1.29 is 9.53 Å². The van der Waals surface area contributed by atoms with Crippen LogP contribution in [0.2, 0.25) is 0 Å². The molecule has 1 aliphatic rings. The van der Waals surface area contributed by atoms with E-state index in [4.69, 9.17) is 4.74 Å². The highest BCUT2D eigenvalue weighted by atomic mass is 32.1. The normalized spacial score (nSPS) is 17.0. The van der Waals surface area contributed by atoms with Gasteiger partial charge in [-0.2, -0.15) is 12.6 Å². The Morgan fingerprint density at radius 3 is 3.00 bits per heavy atom. The van der Waals surface area contributed by atoms with Gasteiger partial charge in [-0.3, -0.25) is 4.79 Å². The summed E-state index contributed by atoms with van der Waals surface area (Å²) >= 11 is 4.18. The van der Waals surface area contributed by atoms with Crippen LogP contribution in [0, 0.1) is 0 Å². The summed E-state index contributed by atoms with van der Waals surface area (Å²) in [6.45, 7) is 3.57. The molecule has 0 fully saturated rings. The van der Waals surface area contributed by atoms with Crippen molar-refractivity contribution in [1.82, 2.24) is 4.90 Å². The Hall–Kier alpha value is -1.16. The maximum Gasteiger partial charge on any atom is 0.235 e. The summed E-state index contributed by atoms with van der Waals surface area (Å²) in [6, 6.07) is 7.83. The van der Waals surface area contributed by atoms with Gasteiger partial charge in [-0.15, -0.1) is 0 Å². The number of rotatable bonds is 1. The van der Waals surface area contributed by atoms with E-state index in [0.29, 0.717) is 19.7 Å². The number of amides is 1. The minimum absolute atomic E-state index is 0.0589. The van der Waals surface area contributed by atoms with Crippen molar-refractivity contribution in [1.29, 1.82) is 0 Å². The van der Waals surface area contributed by atoms with E-state index in [1.165, 1.54) is 0 Å². The molecule has 0 aliphatic carbocycles. The molecule has 4 heteroatoms. The van der Waals surface area contributed by atoms with Crippen LogP contribution >= 0.6 is 12.6 Å². The van der Waals surface area contributed by atoms with Crippen molar-refractivity contribution in [2.24, 2.45) is 0 Å². The van der Waals surface area contributed by atoms with Gasteiger partial charge in [-0.1, -0.05) is 18.2 Å². The minimum atomic E-state index is -0.259. The number of para-hydroxylation sites is 1. The molecule has 1 aliphatic heterocycles. The van der Waals surface area contributed by atoms with Gasteiger partial charge < -0.3 is 9.64 Å². The van der Waals surface area contributed by atoms with Gasteiger partial charge in [-0.25, -0.2) is 0 Å². The van der Waals surface area contributed by atoms with Crippen LogP contribution in [-0.2, 0) is 11.3 Å². The zero-order chi connectivity index (χ0) is 11.5. The summed E-state index contributed by atoms with van der Waals surface area (Å²) in [7, 11) is 0. The molecule has 1 amide bonds. The Kier molecular flexibility index (Phi) is 3.39. The van der Waals surface area contributed by atoms with E-state index >= 15 is 0 Å². The lowest BCUT2D eigenvalue weighted by molar-refractivity contribution is -0.131. The molecule has 0 radical (unpaired) electrons. The molecular weight excluding hydrogens is 222 g/mol. The maximum atomic E-state index is 11.9. The number of thiol groups is 1. The zero-order valence-electron chi connectivity index (χ0n) is 9.22. The number of carbonyl (C=O) groups is 1. The first kappa shape index (κ1) is 11.3. The van der Waals surface area contributed by atoms with Gasteiger partial charge in [0.05, 0.1) is 11.8 Å². The molecule has 0 saturated heterocycles. The van der Waals surface area contributed by atoms with Gasteiger partial charge in [0.2, 0.25) is 5.91 Å². The molecule has 0 bridgehead atoms. The topological polar surface area (TPSA) is 29.5 Å². The number of benzene rings is 1.